The van der Waals surface area contributed by atoms with E-state index in [0.29, 0.717) is 6.61 Å². The molecule has 0 radical (unpaired) electrons. The van der Waals surface area contributed by atoms with Gasteiger partial charge in [-0.2, -0.15) is 0 Å². The molecule has 0 amide bonds. The second-order valence-electron chi connectivity index (χ2n) is 9.92. The van der Waals surface area contributed by atoms with Crippen molar-refractivity contribution in [3.05, 3.63) is 34.9 Å². The first-order valence-corrected chi connectivity index (χ1v) is 11.1. The molecule has 0 atom stereocenters. The SMILES string of the molecule is CCCCCCCCOC(=O)C=Cc1cc(C(C)(C)C)c(OC)c(C(C)(C)C)c1. The summed E-state index contributed by atoms with van der Waals surface area (Å²) < 4.78 is 11.2. The molecule has 1 aromatic rings. The molecule has 164 valence electrons. The van der Waals surface area contributed by atoms with Crippen LogP contribution in [0.3, 0.4) is 0 Å². The van der Waals surface area contributed by atoms with E-state index in [0.717, 1.165) is 35.3 Å². The van der Waals surface area contributed by atoms with Gasteiger partial charge >= 0.3 is 5.97 Å². The highest BCUT2D eigenvalue weighted by Crippen LogP contribution is 2.40. The third-order valence-electron chi connectivity index (χ3n) is 5.09. The molecule has 0 spiro atoms. The Balaban J connectivity index is 2.86. The molecule has 0 saturated heterocycles. The number of hydrogen-bond donors (Lipinski definition) is 0. The van der Waals surface area contributed by atoms with Crippen molar-refractivity contribution in [2.45, 2.75) is 97.8 Å². The van der Waals surface area contributed by atoms with Crippen molar-refractivity contribution in [3.63, 3.8) is 0 Å². The lowest BCUT2D eigenvalue weighted by Crippen LogP contribution is -2.19. The van der Waals surface area contributed by atoms with Gasteiger partial charge in [-0.3, -0.25) is 0 Å². The molecule has 3 heteroatoms. The maximum atomic E-state index is 12.1. The van der Waals surface area contributed by atoms with Crippen LogP contribution in [0.5, 0.6) is 5.75 Å². The Morgan fingerprint density at radius 3 is 1.90 bits per heavy atom. The van der Waals surface area contributed by atoms with E-state index in [1.54, 1.807) is 7.11 Å². The fourth-order valence-electron chi connectivity index (χ4n) is 3.35. The molecule has 29 heavy (non-hydrogen) atoms. The molecule has 0 unspecified atom stereocenters. The predicted molar refractivity (Wildman–Crippen MR) is 124 cm³/mol. The van der Waals surface area contributed by atoms with Gasteiger partial charge in [-0.15, -0.1) is 0 Å². The number of esters is 1. The molecular weight excluding hydrogens is 360 g/mol. The van der Waals surface area contributed by atoms with Crippen LogP contribution in [-0.2, 0) is 20.4 Å². The van der Waals surface area contributed by atoms with Crippen LogP contribution in [0.2, 0.25) is 0 Å². The first-order chi connectivity index (χ1) is 13.5. The van der Waals surface area contributed by atoms with Crippen LogP contribution in [0.25, 0.3) is 6.08 Å². The van der Waals surface area contributed by atoms with Crippen molar-refractivity contribution in [2.24, 2.45) is 0 Å². The first-order valence-electron chi connectivity index (χ1n) is 11.1. The van der Waals surface area contributed by atoms with Crippen LogP contribution in [-0.4, -0.2) is 19.7 Å². The predicted octanol–water partition coefficient (Wildman–Crippen LogP) is 7.21. The lowest BCUT2D eigenvalue weighted by Gasteiger charge is -2.29. The van der Waals surface area contributed by atoms with Crippen molar-refractivity contribution < 1.29 is 14.3 Å². The van der Waals surface area contributed by atoms with E-state index in [-0.39, 0.29) is 16.8 Å². The van der Waals surface area contributed by atoms with E-state index < -0.39 is 0 Å². The number of rotatable bonds is 10. The summed E-state index contributed by atoms with van der Waals surface area (Å²) in [6.07, 6.45) is 10.5. The highest BCUT2D eigenvalue weighted by atomic mass is 16.5. The van der Waals surface area contributed by atoms with Crippen LogP contribution in [0.4, 0.5) is 0 Å². The number of hydrogen-bond acceptors (Lipinski definition) is 3. The maximum Gasteiger partial charge on any atom is 0.330 e. The number of unbranched alkanes of at least 4 members (excludes halogenated alkanes) is 5. The molecule has 0 saturated carbocycles. The van der Waals surface area contributed by atoms with Gasteiger partial charge in [0.05, 0.1) is 13.7 Å². The summed E-state index contributed by atoms with van der Waals surface area (Å²) in [5.74, 6) is 0.664. The molecular formula is C26H42O3. The molecule has 0 aliphatic heterocycles. The number of benzene rings is 1. The van der Waals surface area contributed by atoms with Crippen LogP contribution in [0, 0.1) is 0 Å². The van der Waals surface area contributed by atoms with Gasteiger partial charge in [-0.1, -0.05) is 80.6 Å². The fraction of sp³-hybridized carbons (Fsp3) is 0.654. The van der Waals surface area contributed by atoms with Crippen molar-refractivity contribution in [2.75, 3.05) is 13.7 Å². The van der Waals surface area contributed by atoms with Gasteiger partial charge in [0.1, 0.15) is 5.75 Å². The third kappa shape index (κ3) is 8.64. The summed E-state index contributed by atoms with van der Waals surface area (Å²) in [5, 5.41) is 0. The molecule has 0 fully saturated rings. The summed E-state index contributed by atoms with van der Waals surface area (Å²) in [6.45, 7) is 15.8. The molecule has 0 aliphatic rings. The van der Waals surface area contributed by atoms with Gasteiger partial charge in [0, 0.05) is 17.2 Å². The van der Waals surface area contributed by atoms with Crippen LogP contribution >= 0.6 is 0 Å². The Bertz CT molecular complexity index is 637. The normalized spacial score (nSPS) is 12.4. The minimum Gasteiger partial charge on any atom is -0.496 e. The topological polar surface area (TPSA) is 35.5 Å². The lowest BCUT2D eigenvalue weighted by atomic mass is 9.78. The summed E-state index contributed by atoms with van der Waals surface area (Å²) in [5.41, 5.74) is 3.17. The number of methoxy groups -OCH3 is 1. The van der Waals surface area contributed by atoms with Crippen molar-refractivity contribution in [1.29, 1.82) is 0 Å². The molecule has 3 nitrogen and oxygen atoms in total. The summed E-state index contributed by atoms with van der Waals surface area (Å²) in [6, 6.07) is 4.23. The second-order valence-corrected chi connectivity index (χ2v) is 9.92. The number of carbonyl (C=O) groups is 1. The smallest absolute Gasteiger partial charge is 0.330 e. The van der Waals surface area contributed by atoms with E-state index in [1.807, 2.05) is 6.08 Å². The van der Waals surface area contributed by atoms with Gasteiger partial charge in [0.15, 0.2) is 0 Å². The Morgan fingerprint density at radius 2 is 1.41 bits per heavy atom. The van der Waals surface area contributed by atoms with E-state index in [9.17, 15) is 4.79 Å². The maximum absolute atomic E-state index is 12.1. The Labute approximate surface area is 178 Å². The fourth-order valence-corrected chi connectivity index (χ4v) is 3.35. The van der Waals surface area contributed by atoms with Gasteiger partial charge in [0.2, 0.25) is 0 Å². The highest BCUT2D eigenvalue weighted by molar-refractivity contribution is 5.87. The molecule has 0 aliphatic carbocycles. The minimum absolute atomic E-state index is 0.0620. The standard InChI is InChI=1S/C26H42O3/c1-9-10-11-12-13-14-17-29-23(27)16-15-20-18-21(25(2,3)4)24(28-8)22(19-20)26(5,6)7/h15-16,18-19H,9-14,17H2,1-8H3. The van der Waals surface area contributed by atoms with Crippen LogP contribution in [0.1, 0.15) is 104 Å². The zero-order valence-electron chi connectivity index (χ0n) is 20.0. The van der Waals surface area contributed by atoms with Gasteiger partial charge in [-0.05, 0) is 41.0 Å². The summed E-state index contributed by atoms with van der Waals surface area (Å²) >= 11 is 0. The van der Waals surface area contributed by atoms with E-state index >= 15 is 0 Å². The minimum atomic E-state index is -0.274. The average molecular weight is 403 g/mol. The zero-order valence-corrected chi connectivity index (χ0v) is 20.0. The third-order valence-corrected chi connectivity index (χ3v) is 5.09. The summed E-state index contributed by atoms with van der Waals surface area (Å²) in [4.78, 5) is 12.1. The molecule has 0 N–H and O–H groups in total. The quantitative estimate of drug-likeness (QED) is 0.236. The Hall–Kier alpha value is -1.77. The highest BCUT2D eigenvalue weighted by Gasteiger charge is 2.27. The number of ether oxygens (including phenoxy) is 2. The molecule has 0 aromatic heterocycles. The van der Waals surface area contributed by atoms with Crippen molar-refractivity contribution >= 4 is 12.0 Å². The zero-order chi connectivity index (χ0) is 22.1. The summed E-state index contributed by atoms with van der Waals surface area (Å²) in [7, 11) is 1.73. The van der Waals surface area contributed by atoms with E-state index in [1.165, 1.54) is 31.8 Å². The molecule has 1 rings (SSSR count). The molecule has 0 bridgehead atoms. The molecule has 0 heterocycles. The monoisotopic (exact) mass is 402 g/mol. The second kappa shape index (κ2) is 11.4. The van der Waals surface area contributed by atoms with Crippen molar-refractivity contribution in [1.82, 2.24) is 0 Å². The Kier molecular flexibility index (Phi) is 9.95. The van der Waals surface area contributed by atoms with Crippen LogP contribution in [0.15, 0.2) is 18.2 Å². The van der Waals surface area contributed by atoms with Gasteiger partial charge < -0.3 is 9.47 Å². The lowest BCUT2D eigenvalue weighted by molar-refractivity contribution is -0.137. The molecule has 1 aromatic carbocycles. The van der Waals surface area contributed by atoms with Gasteiger partial charge in [0.25, 0.3) is 0 Å². The van der Waals surface area contributed by atoms with Crippen LogP contribution < -0.4 is 4.74 Å². The Morgan fingerprint density at radius 1 is 0.897 bits per heavy atom. The van der Waals surface area contributed by atoms with Crippen molar-refractivity contribution in [3.8, 4) is 5.75 Å². The van der Waals surface area contributed by atoms with E-state index in [4.69, 9.17) is 9.47 Å². The average Bonchev–Trinajstić information content (AvgIpc) is 2.63. The first kappa shape index (κ1) is 25.3. The van der Waals surface area contributed by atoms with Gasteiger partial charge in [-0.25, -0.2) is 4.79 Å². The largest absolute Gasteiger partial charge is 0.496 e. The number of carbonyl (C=O) groups excluding carboxylic acids is 1. The van der Waals surface area contributed by atoms with E-state index in [2.05, 4.69) is 60.6 Å².